The quantitative estimate of drug-likeness (QED) is 0.648. The zero-order valence-corrected chi connectivity index (χ0v) is 7.62. The predicted octanol–water partition coefficient (Wildman–Crippen LogP) is 1.85. The van der Waals surface area contributed by atoms with Gasteiger partial charge in [0.1, 0.15) is 5.75 Å². The van der Waals surface area contributed by atoms with Crippen LogP contribution in [0.5, 0.6) is 5.75 Å². The second-order valence-corrected chi connectivity index (χ2v) is 3.53. The lowest BCUT2D eigenvalue weighted by molar-refractivity contribution is 0.476. The zero-order chi connectivity index (χ0) is 9.54. The SMILES string of the molecule is Oc1ccc2[nH]c3c(c2c1)CCN=C3. The first-order chi connectivity index (χ1) is 6.84. The van der Waals surface area contributed by atoms with Crippen molar-refractivity contribution in [3.8, 4) is 5.75 Å². The van der Waals surface area contributed by atoms with Crippen molar-refractivity contribution < 1.29 is 5.11 Å². The molecule has 2 N–H and O–H groups in total. The van der Waals surface area contributed by atoms with Gasteiger partial charge in [-0.2, -0.15) is 0 Å². The van der Waals surface area contributed by atoms with E-state index in [2.05, 4.69) is 9.98 Å². The third-order valence-electron chi connectivity index (χ3n) is 2.63. The lowest BCUT2D eigenvalue weighted by Gasteiger charge is -2.03. The lowest BCUT2D eigenvalue weighted by atomic mass is 10.1. The highest BCUT2D eigenvalue weighted by Gasteiger charge is 2.12. The molecule has 0 unspecified atom stereocenters. The smallest absolute Gasteiger partial charge is 0.116 e. The summed E-state index contributed by atoms with van der Waals surface area (Å²) in [5.41, 5.74) is 3.42. The third-order valence-corrected chi connectivity index (χ3v) is 2.63. The summed E-state index contributed by atoms with van der Waals surface area (Å²) < 4.78 is 0. The molecule has 0 radical (unpaired) electrons. The largest absolute Gasteiger partial charge is 0.508 e. The first-order valence-corrected chi connectivity index (χ1v) is 4.68. The number of benzene rings is 1. The van der Waals surface area contributed by atoms with Crippen molar-refractivity contribution in [2.24, 2.45) is 4.99 Å². The second-order valence-electron chi connectivity index (χ2n) is 3.53. The van der Waals surface area contributed by atoms with Gasteiger partial charge in [-0.3, -0.25) is 4.99 Å². The Kier molecular flexibility index (Phi) is 1.42. The van der Waals surface area contributed by atoms with Crippen LogP contribution in [0.25, 0.3) is 10.9 Å². The van der Waals surface area contributed by atoms with Gasteiger partial charge in [-0.05, 0) is 30.2 Å². The monoisotopic (exact) mass is 186 g/mol. The Balaban J connectivity index is 2.39. The molecule has 2 heterocycles. The number of aromatic amines is 1. The van der Waals surface area contributed by atoms with Gasteiger partial charge in [-0.25, -0.2) is 0 Å². The van der Waals surface area contributed by atoms with Crippen molar-refractivity contribution in [3.63, 3.8) is 0 Å². The van der Waals surface area contributed by atoms with E-state index < -0.39 is 0 Å². The van der Waals surface area contributed by atoms with Crippen molar-refractivity contribution >= 4 is 17.1 Å². The number of hydrogen-bond acceptors (Lipinski definition) is 2. The minimum Gasteiger partial charge on any atom is -0.508 e. The molecule has 14 heavy (non-hydrogen) atoms. The first kappa shape index (κ1) is 7.62. The van der Waals surface area contributed by atoms with Gasteiger partial charge in [0.2, 0.25) is 0 Å². The highest BCUT2D eigenvalue weighted by atomic mass is 16.3. The highest BCUT2D eigenvalue weighted by Crippen LogP contribution is 2.27. The molecule has 3 nitrogen and oxygen atoms in total. The van der Waals surface area contributed by atoms with Crippen LogP contribution in [0.3, 0.4) is 0 Å². The van der Waals surface area contributed by atoms with Crippen LogP contribution in [0, 0.1) is 0 Å². The molecule has 0 atom stereocenters. The maximum Gasteiger partial charge on any atom is 0.116 e. The van der Waals surface area contributed by atoms with E-state index >= 15 is 0 Å². The molecule has 0 amide bonds. The summed E-state index contributed by atoms with van der Waals surface area (Å²) in [6, 6.07) is 5.40. The number of rotatable bonds is 0. The van der Waals surface area contributed by atoms with Crippen LogP contribution in [-0.2, 0) is 6.42 Å². The number of nitrogens with one attached hydrogen (secondary N) is 1. The molecule has 1 aliphatic rings. The number of fused-ring (bicyclic) bond motifs is 3. The minimum atomic E-state index is 0.321. The number of H-pyrrole nitrogens is 1. The summed E-state index contributed by atoms with van der Waals surface area (Å²) >= 11 is 0. The molecule has 0 saturated carbocycles. The summed E-state index contributed by atoms with van der Waals surface area (Å²) in [6.07, 6.45) is 2.82. The number of aromatic nitrogens is 1. The second kappa shape index (κ2) is 2.61. The van der Waals surface area contributed by atoms with Crippen molar-refractivity contribution in [2.75, 3.05) is 6.54 Å². The minimum absolute atomic E-state index is 0.321. The molecular formula is C11H10N2O. The Hall–Kier alpha value is -1.77. The predicted molar refractivity (Wildman–Crippen MR) is 56.1 cm³/mol. The summed E-state index contributed by atoms with van der Waals surface area (Å²) in [6.45, 7) is 0.843. The molecule has 1 aromatic carbocycles. The topological polar surface area (TPSA) is 48.4 Å². The van der Waals surface area contributed by atoms with E-state index in [9.17, 15) is 5.11 Å². The van der Waals surface area contributed by atoms with Crippen LogP contribution < -0.4 is 0 Å². The molecule has 0 fully saturated rings. The van der Waals surface area contributed by atoms with Crippen molar-refractivity contribution in [1.29, 1.82) is 0 Å². The summed E-state index contributed by atoms with van der Waals surface area (Å²) in [7, 11) is 0. The van der Waals surface area contributed by atoms with E-state index in [-0.39, 0.29) is 0 Å². The highest BCUT2D eigenvalue weighted by molar-refractivity contribution is 5.95. The van der Waals surface area contributed by atoms with E-state index in [1.807, 2.05) is 18.3 Å². The van der Waals surface area contributed by atoms with Gasteiger partial charge < -0.3 is 10.1 Å². The Morgan fingerprint density at radius 3 is 3.21 bits per heavy atom. The van der Waals surface area contributed by atoms with Crippen molar-refractivity contribution in [1.82, 2.24) is 4.98 Å². The van der Waals surface area contributed by atoms with E-state index in [4.69, 9.17) is 0 Å². The Labute approximate surface area is 81.1 Å². The molecule has 70 valence electrons. The number of hydrogen-bond donors (Lipinski definition) is 2. The van der Waals surface area contributed by atoms with Crippen LogP contribution in [-0.4, -0.2) is 22.8 Å². The van der Waals surface area contributed by atoms with Crippen LogP contribution in [0.15, 0.2) is 23.2 Å². The number of phenols is 1. The first-order valence-electron chi connectivity index (χ1n) is 4.68. The van der Waals surface area contributed by atoms with Gasteiger partial charge in [-0.15, -0.1) is 0 Å². The fraction of sp³-hybridized carbons (Fsp3) is 0.182. The van der Waals surface area contributed by atoms with E-state index in [1.165, 1.54) is 5.56 Å². The molecule has 0 spiro atoms. The van der Waals surface area contributed by atoms with E-state index in [0.29, 0.717) is 5.75 Å². The van der Waals surface area contributed by atoms with E-state index in [0.717, 1.165) is 29.6 Å². The van der Waals surface area contributed by atoms with Gasteiger partial charge in [0.05, 0.1) is 5.69 Å². The average molecular weight is 186 g/mol. The van der Waals surface area contributed by atoms with Crippen LogP contribution in [0.2, 0.25) is 0 Å². The number of nitrogens with zero attached hydrogens (tertiary/aromatic N) is 1. The molecule has 3 heteroatoms. The molecule has 0 saturated heterocycles. The standard InChI is InChI=1S/C11H10N2O/c14-7-1-2-10-9(5-7)8-3-4-12-6-11(8)13-10/h1-2,5-6,13-14H,3-4H2. The van der Waals surface area contributed by atoms with Gasteiger partial charge in [0.15, 0.2) is 0 Å². The summed E-state index contributed by atoms with van der Waals surface area (Å²) in [5.74, 6) is 0.321. The molecule has 3 rings (SSSR count). The molecule has 2 aromatic rings. The molecular weight excluding hydrogens is 176 g/mol. The Morgan fingerprint density at radius 2 is 2.29 bits per heavy atom. The summed E-state index contributed by atoms with van der Waals surface area (Å²) in [5, 5.41) is 10.5. The maximum atomic E-state index is 9.40. The van der Waals surface area contributed by atoms with Gasteiger partial charge in [0, 0.05) is 23.7 Å². The zero-order valence-electron chi connectivity index (χ0n) is 7.62. The van der Waals surface area contributed by atoms with Crippen LogP contribution >= 0.6 is 0 Å². The van der Waals surface area contributed by atoms with Crippen LogP contribution in [0.4, 0.5) is 0 Å². The molecule has 1 aliphatic heterocycles. The molecule has 1 aromatic heterocycles. The number of aromatic hydroxyl groups is 1. The van der Waals surface area contributed by atoms with Crippen molar-refractivity contribution in [3.05, 3.63) is 29.5 Å². The normalized spacial score (nSPS) is 14.6. The van der Waals surface area contributed by atoms with Crippen LogP contribution in [0.1, 0.15) is 11.3 Å². The van der Waals surface area contributed by atoms with E-state index in [1.54, 1.807) is 6.07 Å². The Bertz CT molecular complexity index is 525. The maximum absolute atomic E-state index is 9.40. The Morgan fingerprint density at radius 1 is 1.36 bits per heavy atom. The number of aliphatic imine (C=N–C) groups is 1. The van der Waals surface area contributed by atoms with Gasteiger partial charge in [-0.1, -0.05) is 0 Å². The molecule has 0 aliphatic carbocycles. The fourth-order valence-corrected chi connectivity index (χ4v) is 1.97. The van der Waals surface area contributed by atoms with Gasteiger partial charge >= 0.3 is 0 Å². The lowest BCUT2D eigenvalue weighted by Crippen LogP contribution is -2.00. The molecule has 0 bridgehead atoms. The van der Waals surface area contributed by atoms with Gasteiger partial charge in [0.25, 0.3) is 0 Å². The fourth-order valence-electron chi connectivity index (χ4n) is 1.97. The third kappa shape index (κ3) is 0.954. The van der Waals surface area contributed by atoms with Crippen molar-refractivity contribution in [2.45, 2.75) is 6.42 Å². The number of phenolic OH excluding ortho intramolecular Hbond substituents is 1. The summed E-state index contributed by atoms with van der Waals surface area (Å²) in [4.78, 5) is 7.50. The average Bonchev–Trinajstić information content (AvgIpc) is 2.56.